The number of rotatable bonds is 8. The minimum Gasteiger partial charge on any atom is -0.478 e. The third-order valence-corrected chi connectivity index (χ3v) is 9.20. The maximum Gasteiger partial charge on any atom is 0.335 e. The van der Waals surface area contributed by atoms with Crippen LogP contribution in [0.2, 0.25) is 0 Å². The number of nitrogens with one attached hydrogen (secondary N) is 1. The molecular weight excluding hydrogens is 494 g/mol. The fraction of sp³-hybridized carbons (Fsp3) is 0.296. The molecule has 7 nitrogen and oxygen atoms in total. The predicted octanol–water partition coefficient (Wildman–Crippen LogP) is 6.18. The Morgan fingerprint density at radius 1 is 1.11 bits per heavy atom. The average Bonchev–Trinajstić information content (AvgIpc) is 2.96. The van der Waals surface area contributed by atoms with Gasteiger partial charge in [-0.2, -0.15) is 4.31 Å². The summed E-state index contributed by atoms with van der Waals surface area (Å²) in [4.78, 5) is 14.6. The van der Waals surface area contributed by atoms with E-state index in [0.717, 1.165) is 29.8 Å². The number of thioether (sulfide) groups is 1. The second kappa shape index (κ2) is 10.9. The van der Waals surface area contributed by atoms with Crippen molar-refractivity contribution in [2.75, 3.05) is 30.1 Å². The zero-order valence-corrected chi connectivity index (χ0v) is 22.3. The van der Waals surface area contributed by atoms with E-state index in [2.05, 4.69) is 17.1 Å². The van der Waals surface area contributed by atoms with Gasteiger partial charge in [-0.25, -0.2) is 13.2 Å². The van der Waals surface area contributed by atoms with Crippen LogP contribution < -0.4 is 10.2 Å². The Balaban J connectivity index is 1.88. The molecule has 1 aliphatic rings. The Hall–Kier alpha value is -3.01. The van der Waals surface area contributed by atoms with Gasteiger partial charge < -0.3 is 15.3 Å². The van der Waals surface area contributed by atoms with E-state index in [0.29, 0.717) is 23.6 Å². The van der Waals surface area contributed by atoms with Gasteiger partial charge in [0.25, 0.3) is 0 Å². The number of nitrogens with zero attached hydrogens (tertiary/aromatic N) is 2. The van der Waals surface area contributed by atoms with Gasteiger partial charge in [-0.05, 0) is 55.1 Å². The van der Waals surface area contributed by atoms with Crippen molar-refractivity contribution in [2.24, 2.45) is 0 Å². The highest BCUT2D eigenvalue weighted by Gasteiger charge is 2.37. The van der Waals surface area contributed by atoms with Crippen molar-refractivity contribution < 1.29 is 18.3 Å². The van der Waals surface area contributed by atoms with Crippen molar-refractivity contribution in [3.63, 3.8) is 0 Å². The summed E-state index contributed by atoms with van der Waals surface area (Å²) >= 11 is 1.50. The minimum absolute atomic E-state index is 0.154. The van der Waals surface area contributed by atoms with Crippen LogP contribution >= 0.6 is 11.8 Å². The maximum atomic E-state index is 13.9. The first-order valence-corrected chi connectivity index (χ1v) is 14.6. The molecule has 190 valence electrons. The Labute approximate surface area is 217 Å². The highest BCUT2D eigenvalue weighted by atomic mass is 32.2. The molecule has 0 saturated carbocycles. The lowest BCUT2D eigenvalue weighted by Gasteiger charge is -2.29. The zero-order chi connectivity index (χ0) is 25.9. The number of para-hydroxylation sites is 1. The van der Waals surface area contributed by atoms with Crippen LogP contribution in [0, 0.1) is 0 Å². The predicted molar refractivity (Wildman–Crippen MR) is 147 cm³/mol. The van der Waals surface area contributed by atoms with E-state index in [1.165, 1.54) is 28.2 Å². The van der Waals surface area contributed by atoms with Crippen LogP contribution in [-0.2, 0) is 10.0 Å². The first-order chi connectivity index (χ1) is 17.3. The van der Waals surface area contributed by atoms with Gasteiger partial charge in [0, 0.05) is 35.9 Å². The Morgan fingerprint density at radius 2 is 1.86 bits per heavy atom. The second-order valence-electron chi connectivity index (χ2n) is 8.79. The number of hydrogen-bond acceptors (Lipinski definition) is 6. The summed E-state index contributed by atoms with van der Waals surface area (Å²) in [6.45, 7) is 2.66. The zero-order valence-electron chi connectivity index (χ0n) is 20.6. The number of aromatic carboxylic acids is 1. The molecule has 3 aromatic rings. The summed E-state index contributed by atoms with van der Waals surface area (Å²) in [6, 6.07) is 19.8. The largest absolute Gasteiger partial charge is 0.478 e. The number of anilines is 4. The lowest BCUT2D eigenvalue weighted by molar-refractivity contribution is 0.0697. The molecule has 0 amide bonds. The molecule has 0 aromatic heterocycles. The first-order valence-electron chi connectivity index (χ1n) is 11.9. The summed E-state index contributed by atoms with van der Waals surface area (Å²) in [5.74, 6) is -1.02. The number of sulfonamides is 1. The van der Waals surface area contributed by atoms with Crippen molar-refractivity contribution in [2.45, 2.75) is 42.0 Å². The van der Waals surface area contributed by atoms with Crippen LogP contribution in [0.15, 0.2) is 76.5 Å². The normalized spacial score (nSPS) is 17.3. The summed E-state index contributed by atoms with van der Waals surface area (Å²) < 4.78 is 29.3. The summed E-state index contributed by atoms with van der Waals surface area (Å²) in [5, 5.41) is 12.6. The van der Waals surface area contributed by atoms with Gasteiger partial charge in [0.2, 0.25) is 10.0 Å². The standard InChI is InChI=1S/C27H31N3O4S2/c1-4-5-12-22-18-30(21-13-7-6-8-14-21)24-17-25(35-3)23(16-26(24)36(33,34)29(22)2)28-20-11-9-10-19(15-20)27(31)32/h6-11,13-17,22,28H,4-5,12,18H2,1-3H3,(H,31,32). The number of carboxylic acids is 1. The molecule has 0 bridgehead atoms. The van der Waals surface area contributed by atoms with Crippen molar-refractivity contribution in [1.82, 2.24) is 4.31 Å². The molecule has 36 heavy (non-hydrogen) atoms. The number of carboxylic acid groups (broad SMARTS) is 1. The maximum absolute atomic E-state index is 13.9. The van der Waals surface area contributed by atoms with Crippen molar-refractivity contribution in [3.8, 4) is 0 Å². The molecule has 3 aromatic carbocycles. The van der Waals surface area contributed by atoms with E-state index in [9.17, 15) is 18.3 Å². The molecule has 1 heterocycles. The van der Waals surface area contributed by atoms with Crippen LogP contribution in [0.3, 0.4) is 0 Å². The molecule has 1 unspecified atom stereocenters. The van der Waals surface area contributed by atoms with Gasteiger partial charge in [-0.15, -0.1) is 11.8 Å². The van der Waals surface area contributed by atoms with Crippen LogP contribution in [0.5, 0.6) is 0 Å². The van der Waals surface area contributed by atoms with Gasteiger partial charge in [0.05, 0.1) is 16.9 Å². The summed E-state index contributed by atoms with van der Waals surface area (Å²) in [7, 11) is -2.12. The van der Waals surface area contributed by atoms with Gasteiger partial charge in [0.1, 0.15) is 4.90 Å². The highest BCUT2D eigenvalue weighted by Crippen LogP contribution is 2.43. The van der Waals surface area contributed by atoms with E-state index in [-0.39, 0.29) is 16.5 Å². The first kappa shape index (κ1) is 26.1. The van der Waals surface area contributed by atoms with Crippen LogP contribution in [0.25, 0.3) is 0 Å². The molecule has 9 heteroatoms. The number of unbranched alkanes of at least 4 members (excludes halogenated alkanes) is 1. The molecule has 2 N–H and O–H groups in total. The third-order valence-electron chi connectivity index (χ3n) is 6.48. The number of fused-ring (bicyclic) bond motifs is 1. The number of hydrogen-bond donors (Lipinski definition) is 2. The summed E-state index contributed by atoms with van der Waals surface area (Å²) in [6.07, 6.45) is 4.63. The Kier molecular flexibility index (Phi) is 7.92. The average molecular weight is 526 g/mol. The van der Waals surface area contributed by atoms with Crippen molar-refractivity contribution in [3.05, 3.63) is 72.3 Å². The number of benzene rings is 3. The van der Waals surface area contributed by atoms with E-state index in [1.54, 1.807) is 25.2 Å². The third kappa shape index (κ3) is 5.23. The van der Waals surface area contributed by atoms with E-state index in [1.807, 2.05) is 42.7 Å². The van der Waals surface area contributed by atoms with Crippen molar-refractivity contribution >= 4 is 50.5 Å². The monoisotopic (exact) mass is 525 g/mol. The summed E-state index contributed by atoms with van der Waals surface area (Å²) in [5.41, 5.74) is 2.92. The highest BCUT2D eigenvalue weighted by molar-refractivity contribution is 7.98. The molecule has 0 spiro atoms. The van der Waals surface area contributed by atoms with E-state index in [4.69, 9.17) is 0 Å². The fourth-order valence-corrected chi connectivity index (χ4v) is 6.59. The quantitative estimate of drug-likeness (QED) is 0.339. The molecule has 0 radical (unpaired) electrons. The number of likely N-dealkylation sites (N-methyl/N-ethyl adjacent to an activating group) is 1. The van der Waals surface area contributed by atoms with Crippen LogP contribution in [-0.4, -0.2) is 49.7 Å². The van der Waals surface area contributed by atoms with E-state index < -0.39 is 16.0 Å². The van der Waals surface area contributed by atoms with Crippen LogP contribution in [0.4, 0.5) is 22.7 Å². The van der Waals surface area contributed by atoms with Crippen molar-refractivity contribution in [1.29, 1.82) is 0 Å². The lowest BCUT2D eigenvalue weighted by Crippen LogP contribution is -2.40. The molecule has 0 saturated heterocycles. The van der Waals surface area contributed by atoms with Gasteiger partial charge in [0.15, 0.2) is 0 Å². The molecular formula is C27H31N3O4S2. The Bertz CT molecular complexity index is 1350. The molecule has 4 rings (SSSR count). The molecule has 0 fully saturated rings. The number of carbonyl (C=O) groups is 1. The molecule has 0 aliphatic carbocycles. The SMILES string of the molecule is CCCCC1CN(c2ccccc2)c2cc(SC)c(Nc3cccc(C(=O)O)c3)cc2S(=O)(=O)N1C. The Morgan fingerprint density at radius 3 is 2.53 bits per heavy atom. The van der Waals surface area contributed by atoms with Gasteiger partial charge in [-0.1, -0.05) is 44.0 Å². The van der Waals surface area contributed by atoms with Gasteiger partial charge in [-0.3, -0.25) is 0 Å². The minimum atomic E-state index is -3.79. The second-order valence-corrected chi connectivity index (χ2v) is 11.6. The fourth-order valence-electron chi connectivity index (χ4n) is 4.46. The van der Waals surface area contributed by atoms with Crippen LogP contribution in [0.1, 0.15) is 36.5 Å². The van der Waals surface area contributed by atoms with Gasteiger partial charge >= 0.3 is 5.97 Å². The molecule has 1 aliphatic heterocycles. The molecule has 1 atom stereocenters. The lowest BCUT2D eigenvalue weighted by atomic mass is 10.1. The topological polar surface area (TPSA) is 90.0 Å². The smallest absolute Gasteiger partial charge is 0.335 e. The van der Waals surface area contributed by atoms with E-state index >= 15 is 0 Å².